The molecule has 5 rings (SSSR count). The minimum absolute atomic E-state index is 0.0398. The summed E-state index contributed by atoms with van der Waals surface area (Å²) < 4.78 is 7.33. The lowest BCUT2D eigenvalue weighted by molar-refractivity contribution is -0.126. The van der Waals surface area contributed by atoms with Crippen molar-refractivity contribution in [2.75, 3.05) is 31.6 Å². The normalized spacial score (nSPS) is 19.3. The zero-order chi connectivity index (χ0) is 23.5. The molecule has 1 atom stereocenters. The van der Waals surface area contributed by atoms with Crippen LogP contribution in [0.15, 0.2) is 36.8 Å². The fraction of sp³-hybridized carbons (Fsp3) is 0.440. The van der Waals surface area contributed by atoms with Crippen LogP contribution in [0.4, 0.5) is 5.82 Å². The number of piperidine rings is 1. The van der Waals surface area contributed by atoms with E-state index in [1.165, 1.54) is 0 Å². The van der Waals surface area contributed by atoms with E-state index < -0.39 is 0 Å². The molecule has 2 aliphatic heterocycles. The molecule has 8 nitrogen and oxygen atoms in total. The number of anilines is 1. The lowest BCUT2D eigenvalue weighted by atomic mass is 9.95. The van der Waals surface area contributed by atoms with Crippen molar-refractivity contribution in [3.05, 3.63) is 41.8 Å². The summed E-state index contributed by atoms with van der Waals surface area (Å²) >= 11 is 6.48. The number of aromatic nitrogens is 3. The molecular formula is C25H28ClN5O3. The minimum atomic E-state index is -0.0655. The van der Waals surface area contributed by atoms with Crippen molar-refractivity contribution in [1.82, 2.24) is 19.9 Å². The minimum Gasteiger partial charge on any atom is -0.381 e. The molecule has 9 heteroatoms. The molecule has 2 fully saturated rings. The molecule has 0 radical (unpaired) electrons. The molecule has 0 aliphatic carbocycles. The summed E-state index contributed by atoms with van der Waals surface area (Å²) in [6.45, 7) is 3.22. The van der Waals surface area contributed by atoms with E-state index >= 15 is 0 Å². The molecule has 2 N–H and O–H groups in total. The monoisotopic (exact) mass is 481 g/mol. The van der Waals surface area contributed by atoms with Gasteiger partial charge in [0.2, 0.25) is 5.91 Å². The molecule has 0 spiro atoms. The van der Waals surface area contributed by atoms with Crippen LogP contribution < -0.4 is 10.6 Å². The zero-order valence-electron chi connectivity index (χ0n) is 18.9. The van der Waals surface area contributed by atoms with Crippen molar-refractivity contribution in [3.63, 3.8) is 0 Å². The van der Waals surface area contributed by atoms with E-state index in [4.69, 9.17) is 16.3 Å². The second-order valence-electron chi connectivity index (χ2n) is 9.01. The highest BCUT2D eigenvalue weighted by Gasteiger charge is 2.23. The molecule has 2 aliphatic rings. The van der Waals surface area contributed by atoms with Gasteiger partial charge in [0.1, 0.15) is 5.82 Å². The number of carbonyl (C=O) groups excluding carboxylic acids is 2. The number of nitrogens with one attached hydrogen (secondary N) is 2. The number of pyridine rings is 2. The summed E-state index contributed by atoms with van der Waals surface area (Å²) in [5.74, 6) is 0.615. The van der Waals surface area contributed by atoms with E-state index in [1.807, 2.05) is 22.9 Å². The Morgan fingerprint density at radius 2 is 2.00 bits per heavy atom. The second kappa shape index (κ2) is 10.2. The van der Waals surface area contributed by atoms with Gasteiger partial charge in [-0.2, -0.15) is 0 Å². The van der Waals surface area contributed by atoms with Crippen LogP contribution in [0.1, 0.15) is 25.7 Å². The highest BCUT2D eigenvalue weighted by molar-refractivity contribution is 6.33. The molecule has 0 saturated carbocycles. The van der Waals surface area contributed by atoms with Gasteiger partial charge in [-0.15, -0.1) is 0 Å². The number of ketones is 1. The standard InChI is InChI=1S/C25H28ClN5O3/c26-20-14-29-24(30-25(33)17-2-1-6-27-12-17)11-19(20)18-10-22-21(28-13-18)3-7-31(22)15-23(32)16-4-8-34-9-5-16/h3,7,10-11,13-14,16-17,27H,1-2,4-6,8-9,12,15H2,(H,29,30,33). The summed E-state index contributed by atoms with van der Waals surface area (Å²) in [6, 6.07) is 5.67. The van der Waals surface area contributed by atoms with Crippen LogP contribution >= 0.6 is 11.6 Å². The molecular weight excluding hydrogens is 454 g/mol. The van der Waals surface area contributed by atoms with Gasteiger partial charge in [0.05, 0.1) is 28.5 Å². The summed E-state index contributed by atoms with van der Waals surface area (Å²) in [5.41, 5.74) is 3.21. The van der Waals surface area contributed by atoms with Gasteiger partial charge in [0, 0.05) is 55.4 Å². The van der Waals surface area contributed by atoms with Crippen molar-refractivity contribution in [3.8, 4) is 11.1 Å². The number of nitrogens with zero attached hydrogens (tertiary/aromatic N) is 3. The summed E-state index contributed by atoms with van der Waals surface area (Å²) in [5, 5.41) is 6.65. The average molecular weight is 482 g/mol. The molecule has 5 heterocycles. The molecule has 0 bridgehead atoms. The summed E-state index contributed by atoms with van der Waals surface area (Å²) in [6.07, 6.45) is 8.60. The van der Waals surface area contributed by atoms with Gasteiger partial charge in [-0.3, -0.25) is 14.6 Å². The first kappa shape index (κ1) is 23.0. The average Bonchev–Trinajstić information content (AvgIpc) is 3.28. The first-order chi connectivity index (χ1) is 16.6. The van der Waals surface area contributed by atoms with E-state index in [9.17, 15) is 9.59 Å². The SMILES string of the molecule is O=C(Cn1ccc2ncc(-c3cc(NC(=O)C4CCCNC4)ncc3Cl)cc21)C1CCOCC1. The van der Waals surface area contributed by atoms with Crippen molar-refractivity contribution < 1.29 is 14.3 Å². The maximum atomic E-state index is 12.8. The molecule has 2 saturated heterocycles. The Kier molecular flexibility index (Phi) is 6.89. The summed E-state index contributed by atoms with van der Waals surface area (Å²) in [4.78, 5) is 34.3. The number of amides is 1. The van der Waals surface area contributed by atoms with Crippen molar-refractivity contribution in [2.24, 2.45) is 11.8 Å². The summed E-state index contributed by atoms with van der Waals surface area (Å²) in [7, 11) is 0. The lowest BCUT2D eigenvalue weighted by Gasteiger charge is -2.21. The van der Waals surface area contributed by atoms with Gasteiger partial charge in [-0.25, -0.2) is 4.98 Å². The largest absolute Gasteiger partial charge is 0.381 e. The Labute approximate surface area is 203 Å². The molecule has 3 aromatic heterocycles. The number of halogens is 1. The predicted molar refractivity (Wildman–Crippen MR) is 131 cm³/mol. The Morgan fingerprint density at radius 3 is 2.79 bits per heavy atom. The van der Waals surface area contributed by atoms with Gasteiger partial charge in [-0.05, 0) is 50.4 Å². The second-order valence-corrected chi connectivity index (χ2v) is 9.41. The van der Waals surface area contributed by atoms with Crippen molar-refractivity contribution in [2.45, 2.75) is 32.2 Å². The first-order valence-corrected chi connectivity index (χ1v) is 12.2. The Hall–Kier alpha value is -2.81. The molecule has 3 aromatic rings. The van der Waals surface area contributed by atoms with Crippen LogP contribution in [0, 0.1) is 11.8 Å². The number of fused-ring (bicyclic) bond motifs is 1. The Bertz CT molecular complexity index is 1200. The van der Waals surface area contributed by atoms with Crippen LogP contribution in [0.3, 0.4) is 0 Å². The number of hydrogen-bond donors (Lipinski definition) is 2. The van der Waals surface area contributed by atoms with Gasteiger partial charge in [-0.1, -0.05) is 11.6 Å². The maximum absolute atomic E-state index is 12.8. The lowest BCUT2D eigenvalue weighted by Crippen LogP contribution is -2.37. The fourth-order valence-corrected chi connectivity index (χ4v) is 4.91. The number of ether oxygens (including phenoxy) is 1. The van der Waals surface area contributed by atoms with Crippen molar-refractivity contribution >= 4 is 40.1 Å². The van der Waals surface area contributed by atoms with Crippen molar-refractivity contribution in [1.29, 1.82) is 0 Å². The van der Waals surface area contributed by atoms with Crippen LogP contribution in [-0.2, 0) is 20.9 Å². The Balaban J connectivity index is 1.38. The third-order valence-electron chi connectivity index (χ3n) is 6.71. The third kappa shape index (κ3) is 4.99. The maximum Gasteiger partial charge on any atom is 0.229 e. The van der Waals surface area contributed by atoms with Gasteiger partial charge >= 0.3 is 0 Å². The topological polar surface area (TPSA) is 98.1 Å². The highest BCUT2D eigenvalue weighted by Crippen LogP contribution is 2.31. The molecule has 0 aromatic carbocycles. The van der Waals surface area contributed by atoms with E-state index in [2.05, 4.69) is 20.6 Å². The predicted octanol–water partition coefficient (Wildman–Crippen LogP) is 3.69. The smallest absolute Gasteiger partial charge is 0.229 e. The van der Waals surface area contributed by atoms with Crippen LogP contribution in [-0.4, -0.2) is 52.5 Å². The van der Waals surface area contributed by atoms with Gasteiger partial charge in [0.25, 0.3) is 0 Å². The highest BCUT2D eigenvalue weighted by atomic mass is 35.5. The van der Waals surface area contributed by atoms with Gasteiger partial charge in [0.15, 0.2) is 5.78 Å². The quantitative estimate of drug-likeness (QED) is 0.557. The third-order valence-corrected chi connectivity index (χ3v) is 7.01. The fourth-order valence-electron chi connectivity index (χ4n) is 4.70. The Morgan fingerprint density at radius 1 is 1.15 bits per heavy atom. The number of hydrogen-bond acceptors (Lipinski definition) is 6. The van der Waals surface area contributed by atoms with Crippen LogP contribution in [0.25, 0.3) is 22.2 Å². The number of carbonyl (C=O) groups is 2. The van der Waals surface area contributed by atoms with Gasteiger partial charge < -0.3 is 19.9 Å². The first-order valence-electron chi connectivity index (χ1n) is 11.8. The molecule has 1 unspecified atom stereocenters. The van der Waals surface area contributed by atoms with E-state index in [1.54, 1.807) is 18.5 Å². The zero-order valence-corrected chi connectivity index (χ0v) is 19.7. The number of Topliss-reactive ketones (excluding diaryl/α,β-unsaturated/α-hetero) is 1. The van der Waals surface area contributed by atoms with Crippen LogP contribution in [0.2, 0.25) is 5.02 Å². The van der Waals surface area contributed by atoms with E-state index in [0.29, 0.717) is 37.1 Å². The molecule has 34 heavy (non-hydrogen) atoms. The molecule has 1 amide bonds. The van der Waals surface area contributed by atoms with Crippen LogP contribution in [0.5, 0.6) is 0 Å². The molecule has 178 valence electrons. The van der Waals surface area contributed by atoms with E-state index in [0.717, 1.165) is 54.4 Å². The van der Waals surface area contributed by atoms with E-state index in [-0.39, 0.29) is 23.5 Å². The number of rotatable bonds is 6.